The van der Waals surface area contributed by atoms with Crippen molar-refractivity contribution in [3.63, 3.8) is 0 Å². The summed E-state index contributed by atoms with van der Waals surface area (Å²) in [6.07, 6.45) is 2.93. The second-order valence-electron chi connectivity index (χ2n) is 8.42. The first-order chi connectivity index (χ1) is 13.3. The van der Waals surface area contributed by atoms with Crippen LogP contribution in [-0.4, -0.2) is 39.9 Å². The molecule has 0 saturated carbocycles. The number of amides is 1. The van der Waals surface area contributed by atoms with E-state index in [9.17, 15) is 4.79 Å². The molecule has 0 radical (unpaired) electrons. The SMILES string of the molecule is Cc1nc(CC(C)C)cc(C(=O)N2CCC[C@@H](Nc3ccc(C)c(C)c3)C2)n1. The van der Waals surface area contributed by atoms with Crippen molar-refractivity contribution >= 4 is 11.6 Å². The van der Waals surface area contributed by atoms with E-state index in [1.165, 1.54) is 11.1 Å². The Kier molecular flexibility index (Phi) is 6.32. The third-order valence-corrected chi connectivity index (χ3v) is 5.31. The third-order valence-electron chi connectivity index (χ3n) is 5.31. The van der Waals surface area contributed by atoms with Gasteiger partial charge in [0.25, 0.3) is 5.91 Å². The Bertz CT molecular complexity index is 846. The maximum atomic E-state index is 13.1. The summed E-state index contributed by atoms with van der Waals surface area (Å²) >= 11 is 0. The molecule has 5 nitrogen and oxygen atoms in total. The summed E-state index contributed by atoms with van der Waals surface area (Å²) in [4.78, 5) is 23.9. The first kappa shape index (κ1) is 20.3. The van der Waals surface area contributed by atoms with Crippen molar-refractivity contribution in [2.45, 2.75) is 59.9 Å². The zero-order valence-electron chi connectivity index (χ0n) is 17.7. The Balaban J connectivity index is 1.70. The standard InChI is InChI=1S/C23H32N4O/c1-15(2)11-21-13-22(25-18(5)24-21)23(28)27-10-6-7-20(14-27)26-19-9-8-16(3)17(4)12-19/h8-9,12-13,15,20,26H,6-7,10-11,14H2,1-5H3/t20-/m1/s1. The van der Waals surface area contributed by atoms with E-state index in [1.54, 1.807) is 0 Å². The topological polar surface area (TPSA) is 58.1 Å². The summed E-state index contributed by atoms with van der Waals surface area (Å²) < 4.78 is 0. The van der Waals surface area contributed by atoms with Gasteiger partial charge in [0.2, 0.25) is 0 Å². The predicted octanol–water partition coefficient (Wildman–Crippen LogP) is 4.32. The number of benzene rings is 1. The van der Waals surface area contributed by atoms with Crippen LogP contribution in [0.25, 0.3) is 0 Å². The molecule has 1 aliphatic rings. The molecule has 3 rings (SSSR count). The minimum atomic E-state index is 0.0158. The van der Waals surface area contributed by atoms with E-state index in [-0.39, 0.29) is 11.9 Å². The van der Waals surface area contributed by atoms with E-state index in [0.29, 0.717) is 24.0 Å². The number of carbonyl (C=O) groups excluding carboxylic acids is 1. The summed E-state index contributed by atoms with van der Waals surface area (Å²) in [5.41, 5.74) is 5.17. The first-order valence-electron chi connectivity index (χ1n) is 10.3. The van der Waals surface area contributed by atoms with Gasteiger partial charge in [-0.1, -0.05) is 19.9 Å². The molecule has 1 aliphatic heterocycles. The van der Waals surface area contributed by atoms with Gasteiger partial charge in [-0.05, 0) is 75.3 Å². The average Bonchev–Trinajstić information content (AvgIpc) is 2.63. The molecule has 1 N–H and O–H groups in total. The highest BCUT2D eigenvalue weighted by molar-refractivity contribution is 5.92. The Labute approximate surface area is 168 Å². The van der Waals surface area contributed by atoms with Gasteiger partial charge in [-0.2, -0.15) is 0 Å². The molecular weight excluding hydrogens is 348 g/mol. The van der Waals surface area contributed by atoms with E-state index < -0.39 is 0 Å². The number of piperidine rings is 1. The van der Waals surface area contributed by atoms with Crippen LogP contribution in [0.1, 0.15) is 59.8 Å². The fourth-order valence-corrected chi connectivity index (χ4v) is 3.77. The van der Waals surface area contributed by atoms with E-state index in [1.807, 2.05) is 17.9 Å². The highest BCUT2D eigenvalue weighted by atomic mass is 16.2. The molecule has 150 valence electrons. The fourth-order valence-electron chi connectivity index (χ4n) is 3.77. The summed E-state index contributed by atoms with van der Waals surface area (Å²) in [7, 11) is 0. The van der Waals surface area contributed by atoms with Gasteiger partial charge in [-0.25, -0.2) is 9.97 Å². The maximum absolute atomic E-state index is 13.1. The van der Waals surface area contributed by atoms with Crippen LogP contribution < -0.4 is 5.32 Å². The van der Waals surface area contributed by atoms with Crippen LogP contribution in [0.15, 0.2) is 24.3 Å². The minimum Gasteiger partial charge on any atom is -0.381 e. The van der Waals surface area contributed by atoms with Crippen molar-refractivity contribution < 1.29 is 4.79 Å². The largest absolute Gasteiger partial charge is 0.381 e. The molecule has 1 aromatic heterocycles. The average molecular weight is 381 g/mol. The van der Waals surface area contributed by atoms with Crippen LogP contribution in [0, 0.1) is 26.7 Å². The third kappa shape index (κ3) is 5.09. The van der Waals surface area contributed by atoms with E-state index >= 15 is 0 Å². The summed E-state index contributed by atoms with van der Waals surface area (Å²) in [6, 6.07) is 8.58. The molecular formula is C23H32N4O. The quantitative estimate of drug-likeness (QED) is 0.839. The van der Waals surface area contributed by atoms with Gasteiger partial charge < -0.3 is 10.2 Å². The molecule has 1 atom stereocenters. The number of aryl methyl sites for hydroxylation is 3. The summed E-state index contributed by atoms with van der Waals surface area (Å²) in [5.74, 6) is 1.18. The number of hydrogen-bond donors (Lipinski definition) is 1. The van der Waals surface area contributed by atoms with Crippen LogP contribution in [-0.2, 0) is 6.42 Å². The molecule has 2 heterocycles. The Morgan fingerprint density at radius 3 is 2.68 bits per heavy atom. The minimum absolute atomic E-state index is 0.0158. The molecule has 1 amide bonds. The van der Waals surface area contributed by atoms with E-state index in [4.69, 9.17) is 0 Å². The van der Waals surface area contributed by atoms with Crippen molar-refractivity contribution in [2.24, 2.45) is 5.92 Å². The van der Waals surface area contributed by atoms with Crippen LogP contribution in [0.2, 0.25) is 0 Å². The van der Waals surface area contributed by atoms with Gasteiger partial charge >= 0.3 is 0 Å². The lowest BCUT2D eigenvalue weighted by Crippen LogP contribution is -2.45. The number of carbonyl (C=O) groups is 1. The number of nitrogens with zero attached hydrogens (tertiary/aromatic N) is 3. The van der Waals surface area contributed by atoms with Crippen molar-refractivity contribution in [1.82, 2.24) is 14.9 Å². The number of nitrogens with one attached hydrogen (secondary N) is 1. The highest BCUT2D eigenvalue weighted by Crippen LogP contribution is 2.20. The summed E-state index contributed by atoms with van der Waals surface area (Å²) in [6.45, 7) is 11.9. The van der Waals surface area contributed by atoms with Crippen molar-refractivity contribution in [3.8, 4) is 0 Å². The van der Waals surface area contributed by atoms with Crippen LogP contribution in [0.4, 0.5) is 5.69 Å². The van der Waals surface area contributed by atoms with Crippen LogP contribution in [0.3, 0.4) is 0 Å². The molecule has 0 unspecified atom stereocenters. The van der Waals surface area contributed by atoms with Gasteiger partial charge in [0, 0.05) is 30.5 Å². The molecule has 5 heteroatoms. The van der Waals surface area contributed by atoms with Gasteiger partial charge in [-0.3, -0.25) is 4.79 Å². The molecule has 1 fully saturated rings. The monoisotopic (exact) mass is 380 g/mol. The molecule has 0 spiro atoms. The zero-order chi connectivity index (χ0) is 20.3. The normalized spacial score (nSPS) is 17.1. The number of rotatable bonds is 5. The summed E-state index contributed by atoms with van der Waals surface area (Å²) in [5, 5.41) is 3.61. The number of likely N-dealkylation sites (tertiary alicyclic amines) is 1. The Morgan fingerprint density at radius 1 is 1.18 bits per heavy atom. The van der Waals surface area contributed by atoms with E-state index in [2.05, 4.69) is 61.2 Å². The van der Waals surface area contributed by atoms with Crippen molar-refractivity contribution in [1.29, 1.82) is 0 Å². The Morgan fingerprint density at radius 2 is 1.96 bits per heavy atom. The molecule has 0 aliphatic carbocycles. The number of hydrogen-bond acceptors (Lipinski definition) is 4. The van der Waals surface area contributed by atoms with Crippen LogP contribution in [0.5, 0.6) is 0 Å². The molecule has 1 aromatic carbocycles. The second-order valence-corrected chi connectivity index (χ2v) is 8.42. The lowest BCUT2D eigenvalue weighted by molar-refractivity contribution is 0.0708. The van der Waals surface area contributed by atoms with Crippen molar-refractivity contribution in [3.05, 3.63) is 52.6 Å². The fraction of sp³-hybridized carbons (Fsp3) is 0.522. The number of aromatic nitrogens is 2. The van der Waals surface area contributed by atoms with Gasteiger partial charge in [0.1, 0.15) is 11.5 Å². The molecule has 1 saturated heterocycles. The van der Waals surface area contributed by atoms with Gasteiger partial charge in [0.15, 0.2) is 0 Å². The highest BCUT2D eigenvalue weighted by Gasteiger charge is 2.26. The van der Waals surface area contributed by atoms with E-state index in [0.717, 1.165) is 37.2 Å². The lowest BCUT2D eigenvalue weighted by atomic mass is 10.0. The smallest absolute Gasteiger partial charge is 0.272 e. The molecule has 0 bridgehead atoms. The Hall–Kier alpha value is -2.43. The van der Waals surface area contributed by atoms with Gasteiger partial charge in [-0.15, -0.1) is 0 Å². The molecule has 28 heavy (non-hydrogen) atoms. The molecule has 2 aromatic rings. The maximum Gasteiger partial charge on any atom is 0.272 e. The number of anilines is 1. The zero-order valence-corrected chi connectivity index (χ0v) is 17.7. The van der Waals surface area contributed by atoms with Crippen LogP contribution >= 0.6 is 0 Å². The second kappa shape index (κ2) is 8.72. The van der Waals surface area contributed by atoms with Gasteiger partial charge in [0.05, 0.1) is 0 Å². The first-order valence-corrected chi connectivity index (χ1v) is 10.3. The lowest BCUT2D eigenvalue weighted by Gasteiger charge is -2.33. The van der Waals surface area contributed by atoms with Crippen molar-refractivity contribution in [2.75, 3.05) is 18.4 Å². The predicted molar refractivity (Wildman–Crippen MR) is 114 cm³/mol.